The molecule has 7 nitrogen and oxygen atoms in total. The first-order valence-corrected chi connectivity index (χ1v) is 12.5. The summed E-state index contributed by atoms with van der Waals surface area (Å²) < 4.78 is 38.2. The normalized spacial score (nSPS) is 14.2. The van der Waals surface area contributed by atoms with Crippen LogP contribution in [0.2, 0.25) is 0 Å². The van der Waals surface area contributed by atoms with Crippen molar-refractivity contribution in [3.63, 3.8) is 0 Å². The first-order valence-electron chi connectivity index (χ1n) is 10.2. The number of amides is 1. The number of thiophene rings is 1. The molecule has 170 valence electrons. The smallest absolute Gasteiger partial charge is 0.255 e. The van der Waals surface area contributed by atoms with Crippen molar-refractivity contribution >= 4 is 33.0 Å². The SMILES string of the molecule is COc1ccc(C(=O)Nc2cccc(C#Cc3cccs3)c2)cc1S(=O)(=O)N1CCOCC1. The molecule has 33 heavy (non-hydrogen) atoms. The average Bonchev–Trinajstić information content (AvgIpc) is 3.37. The molecule has 0 atom stereocenters. The van der Waals surface area contributed by atoms with Gasteiger partial charge in [0, 0.05) is 29.9 Å². The van der Waals surface area contributed by atoms with Gasteiger partial charge >= 0.3 is 0 Å². The van der Waals surface area contributed by atoms with Gasteiger partial charge in [0.25, 0.3) is 5.91 Å². The number of hydrogen-bond donors (Lipinski definition) is 1. The van der Waals surface area contributed by atoms with Crippen LogP contribution in [0.1, 0.15) is 20.8 Å². The van der Waals surface area contributed by atoms with Gasteiger partial charge in [-0.15, -0.1) is 11.3 Å². The molecule has 1 aliphatic heterocycles. The summed E-state index contributed by atoms with van der Waals surface area (Å²) >= 11 is 1.56. The van der Waals surface area contributed by atoms with Crippen LogP contribution < -0.4 is 10.1 Å². The second-order valence-corrected chi connectivity index (χ2v) is 10.00. The van der Waals surface area contributed by atoms with Gasteiger partial charge in [0.15, 0.2) is 0 Å². The quantitative estimate of drug-likeness (QED) is 0.564. The zero-order chi connectivity index (χ0) is 23.3. The van der Waals surface area contributed by atoms with Crippen LogP contribution in [-0.4, -0.2) is 52.0 Å². The highest BCUT2D eigenvalue weighted by Gasteiger charge is 2.30. The first-order chi connectivity index (χ1) is 16.0. The predicted molar refractivity (Wildman–Crippen MR) is 127 cm³/mol. The number of anilines is 1. The molecule has 0 spiro atoms. The third-order valence-corrected chi connectivity index (χ3v) is 7.69. The standard InChI is InChI=1S/C24H22N2O5S2/c1-30-22-10-8-19(17-23(22)33(28,29)26-11-13-31-14-12-26)24(27)25-20-5-2-4-18(16-20)7-9-21-6-3-15-32-21/h2-6,8,10,15-17H,11-14H2,1H3,(H,25,27). The minimum absolute atomic E-state index is 0.0462. The Morgan fingerprint density at radius 2 is 1.91 bits per heavy atom. The monoisotopic (exact) mass is 482 g/mol. The fourth-order valence-corrected chi connectivity index (χ4v) is 5.47. The fourth-order valence-electron chi connectivity index (χ4n) is 3.31. The highest BCUT2D eigenvalue weighted by atomic mass is 32.2. The number of morpholine rings is 1. The highest BCUT2D eigenvalue weighted by molar-refractivity contribution is 7.89. The van der Waals surface area contributed by atoms with Crippen molar-refractivity contribution < 1.29 is 22.7 Å². The Morgan fingerprint density at radius 1 is 1.09 bits per heavy atom. The molecule has 1 saturated heterocycles. The summed E-state index contributed by atoms with van der Waals surface area (Å²) in [6.07, 6.45) is 0. The average molecular weight is 483 g/mol. The predicted octanol–water partition coefficient (Wildman–Crippen LogP) is 3.43. The zero-order valence-corrected chi connectivity index (χ0v) is 19.5. The van der Waals surface area contributed by atoms with Gasteiger partial charge in [-0.25, -0.2) is 8.42 Å². The summed E-state index contributed by atoms with van der Waals surface area (Å²) in [6.45, 7) is 1.16. The van der Waals surface area contributed by atoms with E-state index in [2.05, 4.69) is 17.2 Å². The molecule has 1 amide bonds. The lowest BCUT2D eigenvalue weighted by Crippen LogP contribution is -2.40. The van der Waals surface area contributed by atoms with Crippen molar-refractivity contribution in [2.24, 2.45) is 0 Å². The molecule has 9 heteroatoms. The maximum atomic E-state index is 13.2. The number of carbonyl (C=O) groups is 1. The number of benzene rings is 2. The Hall–Kier alpha value is -3.16. The number of sulfonamides is 1. The summed E-state index contributed by atoms with van der Waals surface area (Å²) in [5, 5.41) is 4.78. The van der Waals surface area contributed by atoms with E-state index < -0.39 is 15.9 Å². The van der Waals surface area contributed by atoms with E-state index in [1.807, 2.05) is 23.6 Å². The van der Waals surface area contributed by atoms with Crippen molar-refractivity contribution in [3.05, 3.63) is 76.0 Å². The Balaban J connectivity index is 1.56. The molecule has 0 radical (unpaired) electrons. The lowest BCUT2D eigenvalue weighted by atomic mass is 10.1. The molecular weight excluding hydrogens is 460 g/mol. The van der Waals surface area contributed by atoms with Gasteiger partial charge in [-0.1, -0.05) is 24.0 Å². The maximum Gasteiger partial charge on any atom is 0.255 e. The topological polar surface area (TPSA) is 84.9 Å². The molecule has 1 aromatic heterocycles. The van der Waals surface area contributed by atoms with Gasteiger partial charge in [-0.3, -0.25) is 4.79 Å². The molecule has 0 saturated carbocycles. The third kappa shape index (κ3) is 5.43. The van der Waals surface area contributed by atoms with E-state index in [-0.39, 0.29) is 29.3 Å². The largest absolute Gasteiger partial charge is 0.495 e. The lowest BCUT2D eigenvalue weighted by Gasteiger charge is -2.26. The number of methoxy groups -OCH3 is 1. The summed E-state index contributed by atoms with van der Waals surface area (Å²) in [5.74, 6) is 5.91. The van der Waals surface area contributed by atoms with E-state index in [1.165, 1.54) is 29.6 Å². The van der Waals surface area contributed by atoms with Crippen molar-refractivity contribution in [3.8, 4) is 17.6 Å². The highest BCUT2D eigenvalue weighted by Crippen LogP contribution is 2.29. The van der Waals surface area contributed by atoms with Gasteiger partial charge in [0.2, 0.25) is 10.0 Å². The number of nitrogens with one attached hydrogen (secondary N) is 1. The van der Waals surface area contributed by atoms with Crippen LogP contribution in [0.5, 0.6) is 5.75 Å². The van der Waals surface area contributed by atoms with E-state index in [0.717, 1.165) is 10.4 Å². The lowest BCUT2D eigenvalue weighted by molar-refractivity contribution is 0.0729. The second kappa shape index (κ2) is 10.2. The van der Waals surface area contributed by atoms with Crippen LogP contribution in [0.15, 0.2) is 64.9 Å². The third-order valence-electron chi connectivity index (χ3n) is 4.99. The zero-order valence-electron chi connectivity index (χ0n) is 17.9. The van der Waals surface area contributed by atoms with Crippen molar-refractivity contribution in [1.29, 1.82) is 0 Å². The molecule has 3 aromatic rings. The molecule has 0 unspecified atom stereocenters. The van der Waals surface area contributed by atoms with E-state index in [9.17, 15) is 13.2 Å². The Morgan fingerprint density at radius 3 is 2.64 bits per heavy atom. The van der Waals surface area contributed by atoms with Crippen LogP contribution in [0.25, 0.3) is 0 Å². The number of nitrogens with zero attached hydrogens (tertiary/aromatic N) is 1. The molecule has 1 aliphatic rings. The van der Waals surface area contributed by atoms with Crippen LogP contribution in [-0.2, 0) is 14.8 Å². The number of carbonyl (C=O) groups excluding carboxylic acids is 1. The Labute approximate surface area is 197 Å². The molecule has 1 fully saturated rings. The van der Waals surface area contributed by atoms with Gasteiger partial charge in [0.1, 0.15) is 10.6 Å². The minimum Gasteiger partial charge on any atom is -0.495 e. The fraction of sp³-hybridized carbons (Fsp3) is 0.208. The van der Waals surface area contributed by atoms with Gasteiger partial charge in [0.05, 0.1) is 25.2 Å². The second-order valence-electron chi connectivity index (χ2n) is 7.14. The van der Waals surface area contributed by atoms with Crippen LogP contribution >= 0.6 is 11.3 Å². The van der Waals surface area contributed by atoms with Gasteiger partial charge < -0.3 is 14.8 Å². The summed E-state index contributed by atoms with van der Waals surface area (Å²) in [5.41, 5.74) is 1.52. The van der Waals surface area contributed by atoms with E-state index in [4.69, 9.17) is 9.47 Å². The molecular formula is C24H22N2O5S2. The molecule has 1 N–H and O–H groups in total. The van der Waals surface area contributed by atoms with Crippen molar-refractivity contribution in [1.82, 2.24) is 4.31 Å². The van der Waals surface area contributed by atoms with Crippen LogP contribution in [0.3, 0.4) is 0 Å². The molecule has 2 aromatic carbocycles. The number of hydrogen-bond acceptors (Lipinski definition) is 6. The summed E-state index contributed by atoms with van der Waals surface area (Å²) in [7, 11) is -2.44. The Kier molecular flexibility index (Phi) is 7.11. The van der Waals surface area contributed by atoms with E-state index in [1.54, 1.807) is 29.5 Å². The van der Waals surface area contributed by atoms with Crippen LogP contribution in [0.4, 0.5) is 5.69 Å². The summed E-state index contributed by atoms with van der Waals surface area (Å²) in [4.78, 5) is 13.8. The van der Waals surface area contributed by atoms with Gasteiger partial charge in [-0.05, 0) is 47.8 Å². The Bertz CT molecular complexity index is 1300. The molecule has 0 aliphatic carbocycles. The maximum absolute atomic E-state index is 13.2. The molecule has 0 bridgehead atoms. The minimum atomic E-state index is -3.84. The molecule has 4 rings (SSSR count). The molecule has 2 heterocycles. The van der Waals surface area contributed by atoms with Crippen LogP contribution in [0, 0.1) is 11.8 Å². The number of ether oxygens (including phenoxy) is 2. The van der Waals surface area contributed by atoms with E-state index >= 15 is 0 Å². The summed E-state index contributed by atoms with van der Waals surface area (Å²) in [6, 6.07) is 15.4. The van der Waals surface area contributed by atoms with E-state index in [0.29, 0.717) is 18.9 Å². The van der Waals surface area contributed by atoms with Crippen molar-refractivity contribution in [2.75, 3.05) is 38.7 Å². The van der Waals surface area contributed by atoms with Gasteiger partial charge in [-0.2, -0.15) is 4.31 Å². The number of rotatable bonds is 5. The first kappa shape index (κ1) is 23.0. The van der Waals surface area contributed by atoms with Crippen molar-refractivity contribution in [2.45, 2.75) is 4.90 Å².